The average Bonchev–Trinajstić information content (AvgIpc) is 2.97. The summed E-state index contributed by atoms with van der Waals surface area (Å²) in [5, 5.41) is 18.8. The van der Waals surface area contributed by atoms with Gasteiger partial charge < -0.3 is 10.6 Å². The van der Waals surface area contributed by atoms with Gasteiger partial charge in [-0.15, -0.1) is 10.2 Å². The Hall–Kier alpha value is -3.22. The van der Waals surface area contributed by atoms with Crippen molar-refractivity contribution in [3.05, 3.63) is 65.0 Å². The standard InChI is InChI=1S/C19H22N6O/c1-13-5-4-6-16(11-13)19(26)21-10-9-20-17-7-8-18(23-22-17)25-15(3)12-14(2)24-25/h4-8,11-12H,9-10H2,1-3H3,(H,20,22)(H,21,26). The van der Waals surface area contributed by atoms with Gasteiger partial charge in [0.05, 0.1) is 5.69 Å². The highest BCUT2D eigenvalue weighted by atomic mass is 16.1. The van der Waals surface area contributed by atoms with Gasteiger partial charge in [0.25, 0.3) is 5.91 Å². The molecule has 0 saturated heterocycles. The van der Waals surface area contributed by atoms with Crippen LogP contribution in [-0.2, 0) is 0 Å². The molecule has 2 aromatic heterocycles. The van der Waals surface area contributed by atoms with Crippen molar-refractivity contribution in [2.24, 2.45) is 0 Å². The van der Waals surface area contributed by atoms with E-state index in [-0.39, 0.29) is 5.91 Å². The lowest BCUT2D eigenvalue weighted by Crippen LogP contribution is -2.29. The molecule has 0 aliphatic carbocycles. The van der Waals surface area contributed by atoms with E-state index in [1.54, 1.807) is 10.7 Å². The maximum Gasteiger partial charge on any atom is 0.251 e. The fourth-order valence-electron chi connectivity index (χ4n) is 2.65. The molecule has 2 N–H and O–H groups in total. The number of benzene rings is 1. The number of hydrogen-bond acceptors (Lipinski definition) is 5. The third kappa shape index (κ3) is 4.24. The normalized spacial score (nSPS) is 10.6. The Kier molecular flexibility index (Phi) is 5.26. The van der Waals surface area contributed by atoms with Crippen molar-refractivity contribution < 1.29 is 4.79 Å². The van der Waals surface area contributed by atoms with Crippen molar-refractivity contribution in [2.45, 2.75) is 20.8 Å². The van der Waals surface area contributed by atoms with E-state index in [1.807, 2.05) is 57.2 Å². The number of anilines is 1. The second-order valence-corrected chi connectivity index (χ2v) is 6.17. The molecule has 7 heteroatoms. The van der Waals surface area contributed by atoms with E-state index in [4.69, 9.17) is 0 Å². The van der Waals surface area contributed by atoms with Crippen molar-refractivity contribution in [3.8, 4) is 5.82 Å². The molecule has 0 atom stereocenters. The molecule has 0 aliphatic rings. The van der Waals surface area contributed by atoms with Crippen LogP contribution in [0.25, 0.3) is 5.82 Å². The van der Waals surface area contributed by atoms with E-state index < -0.39 is 0 Å². The second kappa shape index (κ2) is 7.77. The first-order chi connectivity index (χ1) is 12.5. The Labute approximate surface area is 152 Å². The largest absolute Gasteiger partial charge is 0.367 e. The van der Waals surface area contributed by atoms with Crippen molar-refractivity contribution in [2.75, 3.05) is 18.4 Å². The van der Waals surface area contributed by atoms with Crippen LogP contribution < -0.4 is 10.6 Å². The van der Waals surface area contributed by atoms with E-state index in [1.165, 1.54) is 0 Å². The van der Waals surface area contributed by atoms with Crippen LogP contribution in [0.1, 0.15) is 27.3 Å². The van der Waals surface area contributed by atoms with Gasteiger partial charge in [-0.05, 0) is 51.1 Å². The van der Waals surface area contributed by atoms with Crippen LogP contribution >= 0.6 is 0 Å². The number of aryl methyl sites for hydroxylation is 3. The van der Waals surface area contributed by atoms with Crippen LogP contribution in [0.5, 0.6) is 0 Å². The molecule has 3 rings (SSSR count). The molecule has 1 aromatic carbocycles. The molecule has 7 nitrogen and oxygen atoms in total. The van der Waals surface area contributed by atoms with Crippen LogP contribution in [0.2, 0.25) is 0 Å². The number of nitrogens with one attached hydrogen (secondary N) is 2. The number of carbonyl (C=O) groups is 1. The molecule has 0 saturated carbocycles. The average molecular weight is 350 g/mol. The number of amides is 1. The predicted molar refractivity (Wildman–Crippen MR) is 101 cm³/mol. The highest BCUT2D eigenvalue weighted by Gasteiger charge is 2.06. The molecule has 0 radical (unpaired) electrons. The fourth-order valence-corrected chi connectivity index (χ4v) is 2.65. The second-order valence-electron chi connectivity index (χ2n) is 6.17. The zero-order valence-corrected chi connectivity index (χ0v) is 15.2. The first-order valence-corrected chi connectivity index (χ1v) is 8.49. The third-order valence-electron chi connectivity index (χ3n) is 3.87. The van der Waals surface area contributed by atoms with Crippen LogP contribution in [-0.4, -0.2) is 39.0 Å². The molecule has 0 spiro atoms. The quantitative estimate of drug-likeness (QED) is 0.667. The maximum atomic E-state index is 12.1. The third-order valence-corrected chi connectivity index (χ3v) is 3.87. The summed E-state index contributed by atoms with van der Waals surface area (Å²) >= 11 is 0. The number of carbonyl (C=O) groups excluding carboxylic acids is 1. The minimum atomic E-state index is -0.0820. The first-order valence-electron chi connectivity index (χ1n) is 8.49. The Bertz CT molecular complexity index is 901. The summed E-state index contributed by atoms with van der Waals surface area (Å²) in [6.45, 7) is 6.94. The molecule has 0 unspecified atom stereocenters. The molecule has 0 fully saturated rings. The molecule has 0 aliphatic heterocycles. The van der Waals surface area contributed by atoms with Gasteiger partial charge in [-0.3, -0.25) is 4.79 Å². The van der Waals surface area contributed by atoms with E-state index in [0.717, 1.165) is 17.0 Å². The van der Waals surface area contributed by atoms with Gasteiger partial charge in [-0.2, -0.15) is 5.10 Å². The Balaban J connectivity index is 1.49. The van der Waals surface area contributed by atoms with Gasteiger partial charge in [0.1, 0.15) is 5.82 Å². The molecular formula is C19H22N6O. The zero-order chi connectivity index (χ0) is 18.5. The van der Waals surface area contributed by atoms with Gasteiger partial charge in [-0.25, -0.2) is 4.68 Å². The Morgan fingerprint density at radius 3 is 2.54 bits per heavy atom. The highest BCUT2D eigenvalue weighted by molar-refractivity contribution is 5.94. The van der Waals surface area contributed by atoms with E-state index in [2.05, 4.69) is 25.9 Å². The predicted octanol–water partition coefficient (Wildman–Crippen LogP) is 2.43. The topological polar surface area (TPSA) is 84.7 Å². The lowest BCUT2D eigenvalue weighted by Gasteiger charge is -2.08. The molecule has 26 heavy (non-hydrogen) atoms. The Morgan fingerprint density at radius 1 is 1.04 bits per heavy atom. The maximum absolute atomic E-state index is 12.1. The van der Waals surface area contributed by atoms with E-state index in [9.17, 15) is 4.79 Å². The number of nitrogens with zero attached hydrogens (tertiary/aromatic N) is 4. The summed E-state index contributed by atoms with van der Waals surface area (Å²) < 4.78 is 1.76. The Morgan fingerprint density at radius 2 is 1.88 bits per heavy atom. The smallest absolute Gasteiger partial charge is 0.251 e. The molecule has 3 aromatic rings. The van der Waals surface area contributed by atoms with Gasteiger partial charge in [-0.1, -0.05) is 17.7 Å². The zero-order valence-electron chi connectivity index (χ0n) is 15.2. The summed E-state index contributed by atoms with van der Waals surface area (Å²) in [7, 11) is 0. The number of rotatable bonds is 6. The molecule has 1 amide bonds. The summed E-state index contributed by atoms with van der Waals surface area (Å²) in [5.41, 5.74) is 3.68. The van der Waals surface area contributed by atoms with Crippen molar-refractivity contribution >= 4 is 11.7 Å². The van der Waals surface area contributed by atoms with Crippen LogP contribution in [0.4, 0.5) is 5.82 Å². The molecular weight excluding hydrogens is 328 g/mol. The summed E-state index contributed by atoms with van der Waals surface area (Å²) in [6.07, 6.45) is 0. The summed E-state index contributed by atoms with van der Waals surface area (Å²) in [4.78, 5) is 12.1. The first kappa shape index (κ1) is 17.6. The fraction of sp³-hybridized carbons (Fsp3) is 0.263. The van der Waals surface area contributed by atoms with Crippen molar-refractivity contribution in [1.29, 1.82) is 0 Å². The van der Waals surface area contributed by atoms with Crippen LogP contribution in [0.3, 0.4) is 0 Å². The highest BCUT2D eigenvalue weighted by Crippen LogP contribution is 2.10. The minimum absolute atomic E-state index is 0.0820. The minimum Gasteiger partial charge on any atom is -0.367 e. The lowest BCUT2D eigenvalue weighted by molar-refractivity contribution is 0.0955. The summed E-state index contributed by atoms with van der Waals surface area (Å²) in [6, 6.07) is 13.2. The number of hydrogen-bond donors (Lipinski definition) is 2. The molecule has 134 valence electrons. The van der Waals surface area contributed by atoms with Gasteiger partial charge >= 0.3 is 0 Å². The monoisotopic (exact) mass is 350 g/mol. The van der Waals surface area contributed by atoms with E-state index in [0.29, 0.717) is 30.3 Å². The van der Waals surface area contributed by atoms with Crippen molar-refractivity contribution in [1.82, 2.24) is 25.3 Å². The van der Waals surface area contributed by atoms with Crippen molar-refractivity contribution in [3.63, 3.8) is 0 Å². The lowest BCUT2D eigenvalue weighted by atomic mass is 10.1. The molecule has 2 heterocycles. The van der Waals surface area contributed by atoms with Gasteiger partial charge in [0.2, 0.25) is 0 Å². The SMILES string of the molecule is Cc1cccc(C(=O)NCCNc2ccc(-n3nc(C)cc3C)nn2)c1. The summed E-state index contributed by atoms with van der Waals surface area (Å²) in [5.74, 6) is 1.25. The van der Waals surface area contributed by atoms with E-state index >= 15 is 0 Å². The van der Waals surface area contributed by atoms with Gasteiger partial charge in [0, 0.05) is 24.3 Å². The van der Waals surface area contributed by atoms with Gasteiger partial charge in [0.15, 0.2) is 5.82 Å². The van der Waals surface area contributed by atoms with Crippen LogP contribution in [0, 0.1) is 20.8 Å². The number of aromatic nitrogens is 4. The molecule has 0 bridgehead atoms. The van der Waals surface area contributed by atoms with Crippen LogP contribution in [0.15, 0.2) is 42.5 Å².